The summed E-state index contributed by atoms with van der Waals surface area (Å²) in [7, 11) is 2.86. The van der Waals surface area contributed by atoms with Gasteiger partial charge in [0.05, 0.1) is 19.3 Å². The van der Waals surface area contributed by atoms with Crippen LogP contribution in [-0.4, -0.2) is 28.6 Å². The van der Waals surface area contributed by atoms with E-state index >= 15 is 0 Å². The summed E-state index contributed by atoms with van der Waals surface area (Å²) in [6.07, 6.45) is 0.648. The highest BCUT2D eigenvalue weighted by Gasteiger charge is 2.21. The van der Waals surface area contributed by atoms with Crippen molar-refractivity contribution in [3.05, 3.63) is 50.7 Å². The van der Waals surface area contributed by atoms with Crippen LogP contribution in [0.4, 0.5) is 11.5 Å². The zero-order valence-electron chi connectivity index (χ0n) is 14.5. The van der Waals surface area contributed by atoms with Crippen LogP contribution in [-0.2, 0) is 13.6 Å². The lowest BCUT2D eigenvalue weighted by atomic mass is 10.1. The van der Waals surface area contributed by atoms with Gasteiger partial charge in [0.25, 0.3) is 5.56 Å². The van der Waals surface area contributed by atoms with Gasteiger partial charge in [-0.15, -0.1) is 0 Å². The molecule has 0 atom stereocenters. The summed E-state index contributed by atoms with van der Waals surface area (Å²) >= 11 is 0. The number of para-hydroxylation sites is 2. The smallest absolute Gasteiger partial charge is 0.332 e. The molecular formula is C17H22N4O4. The lowest BCUT2D eigenvalue weighted by Gasteiger charge is -2.15. The molecule has 0 saturated carbocycles. The Labute approximate surface area is 144 Å². The largest absolute Gasteiger partial charge is 0.495 e. The number of hydrogen-bond donors (Lipinski definition) is 2. The number of nitrogen functional groups attached to an aromatic ring is 1. The van der Waals surface area contributed by atoms with Gasteiger partial charge in [0, 0.05) is 13.6 Å². The van der Waals surface area contributed by atoms with Crippen molar-refractivity contribution in [2.75, 3.05) is 24.7 Å². The van der Waals surface area contributed by atoms with Crippen LogP contribution in [0.15, 0.2) is 33.9 Å². The minimum atomic E-state index is -0.693. The number of rotatable bonds is 7. The van der Waals surface area contributed by atoms with Gasteiger partial charge in [0.1, 0.15) is 17.1 Å². The first-order chi connectivity index (χ1) is 11.9. The van der Waals surface area contributed by atoms with Gasteiger partial charge in [-0.1, -0.05) is 19.1 Å². The first kappa shape index (κ1) is 18.3. The number of methoxy groups -OCH3 is 1. The van der Waals surface area contributed by atoms with Crippen molar-refractivity contribution in [3.63, 3.8) is 0 Å². The van der Waals surface area contributed by atoms with Crippen molar-refractivity contribution < 1.29 is 9.53 Å². The highest BCUT2D eigenvalue weighted by molar-refractivity contribution is 6.02. The van der Waals surface area contributed by atoms with Crippen LogP contribution in [0.3, 0.4) is 0 Å². The quantitative estimate of drug-likeness (QED) is 0.719. The van der Waals surface area contributed by atoms with E-state index in [0.29, 0.717) is 24.4 Å². The summed E-state index contributed by atoms with van der Waals surface area (Å²) in [5, 5.41) is 2.94. The molecule has 134 valence electrons. The molecule has 0 aliphatic carbocycles. The average molecular weight is 346 g/mol. The molecule has 2 aromatic rings. The Kier molecular flexibility index (Phi) is 5.63. The third kappa shape index (κ3) is 3.57. The molecule has 0 fully saturated rings. The number of nitrogens with zero attached hydrogens (tertiary/aromatic N) is 2. The van der Waals surface area contributed by atoms with Crippen LogP contribution < -0.4 is 27.0 Å². The molecule has 8 nitrogen and oxygen atoms in total. The summed E-state index contributed by atoms with van der Waals surface area (Å²) in [5.74, 6) is -0.0113. The van der Waals surface area contributed by atoms with E-state index in [-0.39, 0.29) is 17.9 Å². The summed E-state index contributed by atoms with van der Waals surface area (Å²) < 4.78 is 7.36. The van der Waals surface area contributed by atoms with Crippen molar-refractivity contribution in [2.24, 2.45) is 7.05 Å². The molecular weight excluding hydrogens is 324 g/mol. The maximum absolute atomic E-state index is 12.6. The fourth-order valence-electron chi connectivity index (χ4n) is 2.54. The normalized spacial score (nSPS) is 10.5. The third-order valence-corrected chi connectivity index (χ3v) is 3.86. The number of nitrogens with two attached hydrogens (primary N) is 1. The molecule has 1 heterocycles. The zero-order valence-corrected chi connectivity index (χ0v) is 14.5. The Morgan fingerprint density at radius 2 is 1.96 bits per heavy atom. The fourth-order valence-corrected chi connectivity index (χ4v) is 2.54. The fraction of sp³-hybridized carbons (Fsp3) is 0.353. The number of Topliss-reactive ketones (excluding diaryl/α,β-unsaturated/α-hetero) is 1. The van der Waals surface area contributed by atoms with Gasteiger partial charge in [-0.05, 0) is 18.6 Å². The van der Waals surface area contributed by atoms with Gasteiger partial charge in [-0.2, -0.15) is 0 Å². The zero-order chi connectivity index (χ0) is 18.6. The van der Waals surface area contributed by atoms with E-state index < -0.39 is 17.0 Å². The lowest BCUT2D eigenvalue weighted by molar-refractivity contribution is 0.100. The van der Waals surface area contributed by atoms with Crippen molar-refractivity contribution in [1.82, 2.24) is 9.13 Å². The van der Waals surface area contributed by atoms with Gasteiger partial charge in [0.15, 0.2) is 5.78 Å². The first-order valence-electron chi connectivity index (χ1n) is 7.91. The number of carbonyl (C=O) groups is 1. The molecule has 0 bridgehead atoms. The second-order valence-corrected chi connectivity index (χ2v) is 5.54. The van der Waals surface area contributed by atoms with Crippen molar-refractivity contribution in [1.29, 1.82) is 0 Å². The van der Waals surface area contributed by atoms with Crippen LogP contribution in [0, 0.1) is 0 Å². The predicted octanol–water partition coefficient (Wildman–Crippen LogP) is 0.843. The van der Waals surface area contributed by atoms with Gasteiger partial charge >= 0.3 is 5.69 Å². The predicted molar refractivity (Wildman–Crippen MR) is 96.5 cm³/mol. The summed E-state index contributed by atoms with van der Waals surface area (Å²) in [6.45, 7) is 2.06. The third-order valence-electron chi connectivity index (χ3n) is 3.86. The van der Waals surface area contributed by atoms with E-state index in [1.807, 2.05) is 6.92 Å². The Balaban J connectivity index is 2.36. The van der Waals surface area contributed by atoms with Gasteiger partial charge in [-0.3, -0.25) is 18.7 Å². The molecule has 0 spiro atoms. The van der Waals surface area contributed by atoms with Crippen LogP contribution in [0.2, 0.25) is 0 Å². The van der Waals surface area contributed by atoms with Crippen molar-refractivity contribution in [2.45, 2.75) is 19.9 Å². The highest BCUT2D eigenvalue weighted by atomic mass is 16.5. The molecule has 0 amide bonds. The molecule has 3 N–H and O–H groups in total. The van der Waals surface area contributed by atoms with E-state index in [0.717, 1.165) is 4.57 Å². The van der Waals surface area contributed by atoms with Gasteiger partial charge < -0.3 is 15.8 Å². The molecule has 0 saturated heterocycles. The monoisotopic (exact) mass is 346 g/mol. The van der Waals surface area contributed by atoms with E-state index in [2.05, 4.69) is 5.32 Å². The molecule has 0 radical (unpaired) electrons. The maximum atomic E-state index is 12.6. The standard InChI is InChI=1S/C17H22N4O4/c1-4-9-21-15(18)14(16(23)20(2)17(21)24)12(22)10-19-11-7-5-6-8-13(11)25-3/h5-8,19H,4,9-10,18H2,1-3H3. The van der Waals surface area contributed by atoms with Crippen LogP contribution in [0.5, 0.6) is 5.75 Å². The second-order valence-electron chi connectivity index (χ2n) is 5.54. The number of anilines is 2. The number of benzene rings is 1. The summed E-state index contributed by atoms with van der Waals surface area (Å²) in [6, 6.07) is 7.11. The molecule has 0 aliphatic heterocycles. The first-order valence-corrected chi connectivity index (χ1v) is 7.91. The Bertz CT molecular complexity index is 898. The van der Waals surface area contributed by atoms with Crippen molar-refractivity contribution >= 4 is 17.3 Å². The minimum absolute atomic E-state index is 0.0956. The number of hydrogen-bond acceptors (Lipinski definition) is 6. The highest BCUT2D eigenvalue weighted by Crippen LogP contribution is 2.22. The second kappa shape index (κ2) is 7.69. The molecule has 25 heavy (non-hydrogen) atoms. The maximum Gasteiger partial charge on any atom is 0.332 e. The van der Waals surface area contributed by atoms with Gasteiger partial charge in [0.2, 0.25) is 0 Å². The van der Waals surface area contributed by atoms with Crippen LogP contribution in [0.25, 0.3) is 0 Å². The number of nitrogens with one attached hydrogen (secondary N) is 1. The van der Waals surface area contributed by atoms with E-state index in [1.165, 1.54) is 18.7 Å². The Hall–Kier alpha value is -3.03. The van der Waals surface area contributed by atoms with E-state index in [4.69, 9.17) is 10.5 Å². The topological polar surface area (TPSA) is 108 Å². The number of ketones is 1. The Morgan fingerprint density at radius 1 is 1.28 bits per heavy atom. The van der Waals surface area contributed by atoms with Crippen LogP contribution >= 0.6 is 0 Å². The number of carbonyl (C=O) groups excluding carboxylic acids is 1. The average Bonchev–Trinajstić information content (AvgIpc) is 2.62. The van der Waals surface area contributed by atoms with Crippen LogP contribution in [0.1, 0.15) is 23.7 Å². The lowest BCUT2D eigenvalue weighted by Crippen LogP contribution is -2.43. The molecule has 0 unspecified atom stereocenters. The van der Waals surface area contributed by atoms with E-state index in [1.54, 1.807) is 24.3 Å². The molecule has 0 aliphatic rings. The molecule has 1 aromatic carbocycles. The van der Waals surface area contributed by atoms with Crippen molar-refractivity contribution in [3.8, 4) is 5.75 Å². The molecule has 8 heteroatoms. The number of aromatic nitrogens is 2. The Morgan fingerprint density at radius 3 is 2.60 bits per heavy atom. The molecule has 2 rings (SSSR count). The summed E-state index contributed by atoms with van der Waals surface area (Å²) in [4.78, 5) is 37.0. The van der Waals surface area contributed by atoms with Gasteiger partial charge in [-0.25, -0.2) is 4.79 Å². The van der Waals surface area contributed by atoms with E-state index in [9.17, 15) is 14.4 Å². The SMILES string of the molecule is CCCn1c(N)c(C(=O)CNc2ccccc2OC)c(=O)n(C)c1=O. The number of ether oxygens (including phenoxy) is 1. The summed E-state index contributed by atoms with van der Waals surface area (Å²) in [5.41, 5.74) is 5.16. The minimum Gasteiger partial charge on any atom is -0.495 e. The molecule has 1 aromatic heterocycles.